The lowest BCUT2D eigenvalue weighted by Gasteiger charge is -1.94. The van der Waals surface area contributed by atoms with Crippen LogP contribution in [-0.4, -0.2) is 0 Å². The fraction of sp³-hybridized carbons (Fsp3) is 0.500. The van der Waals surface area contributed by atoms with Crippen LogP contribution in [0.25, 0.3) is 0 Å². The molecule has 0 aliphatic carbocycles. The predicted molar refractivity (Wildman–Crippen MR) is 47.7 cm³/mol. The van der Waals surface area contributed by atoms with Crippen molar-refractivity contribution in [3.05, 3.63) is 30.7 Å². The molecule has 0 unspecified atom stereocenters. The molecular weight excluding hydrogens is 120 g/mol. The van der Waals surface area contributed by atoms with Crippen molar-refractivity contribution in [2.75, 3.05) is 0 Å². The molecule has 0 aromatic heterocycles. The fourth-order valence-corrected chi connectivity index (χ4v) is 0.609. The first-order valence-corrected chi connectivity index (χ1v) is 3.78. The highest BCUT2D eigenvalue weighted by Gasteiger charge is 1.84. The molecule has 0 rings (SSSR count). The summed E-state index contributed by atoms with van der Waals surface area (Å²) >= 11 is 0. The van der Waals surface area contributed by atoms with Crippen molar-refractivity contribution in [3.8, 4) is 0 Å². The van der Waals surface area contributed by atoms with Gasteiger partial charge in [-0.25, -0.2) is 0 Å². The van der Waals surface area contributed by atoms with E-state index >= 15 is 0 Å². The van der Waals surface area contributed by atoms with Crippen LogP contribution >= 0.6 is 0 Å². The van der Waals surface area contributed by atoms with Gasteiger partial charge in [0.05, 0.1) is 0 Å². The van der Waals surface area contributed by atoms with Gasteiger partial charge < -0.3 is 0 Å². The van der Waals surface area contributed by atoms with E-state index in [2.05, 4.69) is 39.8 Å². The van der Waals surface area contributed by atoms with Crippen molar-refractivity contribution in [2.24, 2.45) is 5.92 Å². The summed E-state index contributed by atoms with van der Waals surface area (Å²) in [5.74, 6) is 0.664. The molecule has 0 aliphatic rings. The van der Waals surface area contributed by atoms with Crippen LogP contribution in [0.4, 0.5) is 0 Å². The van der Waals surface area contributed by atoms with E-state index in [1.54, 1.807) is 0 Å². The van der Waals surface area contributed by atoms with Crippen LogP contribution in [0.2, 0.25) is 0 Å². The van der Waals surface area contributed by atoms with Gasteiger partial charge in [-0.1, -0.05) is 37.6 Å². The number of hydrogen-bond acceptors (Lipinski definition) is 0. The average Bonchev–Trinajstić information content (AvgIpc) is 1.87. The minimum Gasteiger partial charge on any atom is -0.0856 e. The zero-order valence-corrected chi connectivity index (χ0v) is 7.22. The Morgan fingerprint density at radius 2 is 2.10 bits per heavy atom. The van der Waals surface area contributed by atoms with Crippen LogP contribution < -0.4 is 0 Å². The summed E-state index contributed by atoms with van der Waals surface area (Å²) in [6.07, 6.45) is 7.36. The molecule has 0 heterocycles. The quantitative estimate of drug-likeness (QED) is 0.523. The van der Waals surface area contributed by atoms with E-state index in [1.165, 1.54) is 5.57 Å². The number of hydrogen-bond donors (Lipinski definition) is 0. The Morgan fingerprint density at radius 3 is 2.50 bits per heavy atom. The second kappa shape index (κ2) is 5.28. The molecule has 0 aliphatic heterocycles. The van der Waals surface area contributed by atoms with Crippen molar-refractivity contribution in [2.45, 2.75) is 27.2 Å². The minimum absolute atomic E-state index is 0.664. The summed E-state index contributed by atoms with van der Waals surface area (Å²) in [6.45, 7) is 10.1. The summed E-state index contributed by atoms with van der Waals surface area (Å²) < 4.78 is 0. The molecular formula is C10H17. The number of rotatable bonds is 3. The molecule has 0 aromatic rings. The largest absolute Gasteiger partial charge is 0.0856 e. The van der Waals surface area contributed by atoms with E-state index in [1.807, 2.05) is 6.08 Å². The Kier molecular flexibility index (Phi) is 5.00. The SMILES string of the molecule is [CH2]C=C(C)CC=CC(C)C. The minimum atomic E-state index is 0.664. The highest BCUT2D eigenvalue weighted by Crippen LogP contribution is 2.02. The molecule has 10 heavy (non-hydrogen) atoms. The van der Waals surface area contributed by atoms with Crippen LogP contribution in [0.1, 0.15) is 27.2 Å². The maximum Gasteiger partial charge on any atom is -0.0141 e. The van der Waals surface area contributed by atoms with Gasteiger partial charge in [0.1, 0.15) is 0 Å². The standard InChI is InChI=1S/C10H17/c1-5-10(4)8-6-7-9(2)3/h5-7,9H,1,8H2,2-4H3. The van der Waals surface area contributed by atoms with Crippen molar-refractivity contribution in [3.63, 3.8) is 0 Å². The Hall–Kier alpha value is -0.520. The maximum absolute atomic E-state index is 3.69. The zero-order chi connectivity index (χ0) is 7.98. The highest BCUT2D eigenvalue weighted by molar-refractivity contribution is 5.05. The average molecular weight is 137 g/mol. The Labute approximate surface area is 64.6 Å². The molecule has 0 fully saturated rings. The second-order valence-electron chi connectivity index (χ2n) is 2.93. The lowest BCUT2D eigenvalue weighted by molar-refractivity contribution is 0.827. The Morgan fingerprint density at radius 1 is 1.50 bits per heavy atom. The van der Waals surface area contributed by atoms with E-state index < -0.39 is 0 Å². The van der Waals surface area contributed by atoms with E-state index in [0.29, 0.717) is 5.92 Å². The third-order valence-electron chi connectivity index (χ3n) is 1.31. The molecule has 1 radical (unpaired) electrons. The van der Waals surface area contributed by atoms with Crippen LogP contribution in [0.15, 0.2) is 23.8 Å². The molecule has 0 bridgehead atoms. The molecule has 0 N–H and O–H groups in total. The Bertz CT molecular complexity index is 127. The van der Waals surface area contributed by atoms with Crippen molar-refractivity contribution < 1.29 is 0 Å². The summed E-state index contributed by atoms with van der Waals surface area (Å²) in [7, 11) is 0. The van der Waals surface area contributed by atoms with Crippen LogP contribution in [0, 0.1) is 12.8 Å². The van der Waals surface area contributed by atoms with E-state index in [4.69, 9.17) is 0 Å². The molecule has 0 saturated heterocycles. The zero-order valence-electron chi connectivity index (χ0n) is 7.22. The molecule has 0 spiro atoms. The van der Waals surface area contributed by atoms with Crippen molar-refractivity contribution >= 4 is 0 Å². The van der Waals surface area contributed by atoms with Gasteiger partial charge in [0, 0.05) is 0 Å². The molecule has 0 nitrogen and oxygen atoms in total. The lowest BCUT2D eigenvalue weighted by atomic mass is 10.1. The van der Waals surface area contributed by atoms with Gasteiger partial charge >= 0.3 is 0 Å². The summed E-state index contributed by atoms with van der Waals surface area (Å²) in [5, 5.41) is 0. The third kappa shape index (κ3) is 5.61. The van der Waals surface area contributed by atoms with E-state index in [0.717, 1.165) is 6.42 Å². The van der Waals surface area contributed by atoms with Gasteiger partial charge in [-0.2, -0.15) is 0 Å². The topological polar surface area (TPSA) is 0 Å². The van der Waals surface area contributed by atoms with Crippen molar-refractivity contribution in [1.29, 1.82) is 0 Å². The van der Waals surface area contributed by atoms with Gasteiger partial charge in [-0.3, -0.25) is 0 Å². The Balaban J connectivity index is 3.54. The number of allylic oxidation sites excluding steroid dienone is 4. The van der Waals surface area contributed by atoms with Crippen molar-refractivity contribution in [1.82, 2.24) is 0 Å². The normalized spacial score (nSPS) is 13.5. The van der Waals surface area contributed by atoms with Crippen LogP contribution in [0.3, 0.4) is 0 Å². The van der Waals surface area contributed by atoms with Gasteiger partial charge in [0.25, 0.3) is 0 Å². The van der Waals surface area contributed by atoms with Gasteiger partial charge in [-0.05, 0) is 26.2 Å². The van der Waals surface area contributed by atoms with Gasteiger partial charge in [-0.15, -0.1) is 0 Å². The van der Waals surface area contributed by atoms with Crippen LogP contribution in [0.5, 0.6) is 0 Å². The molecule has 0 amide bonds. The first-order valence-electron chi connectivity index (χ1n) is 3.78. The summed E-state index contributed by atoms with van der Waals surface area (Å²) in [6, 6.07) is 0. The summed E-state index contributed by atoms with van der Waals surface area (Å²) in [5.41, 5.74) is 1.33. The molecule has 0 atom stereocenters. The summed E-state index contributed by atoms with van der Waals surface area (Å²) in [4.78, 5) is 0. The molecule has 57 valence electrons. The molecule has 0 heteroatoms. The predicted octanol–water partition coefficient (Wildman–Crippen LogP) is 3.37. The van der Waals surface area contributed by atoms with E-state index in [9.17, 15) is 0 Å². The lowest BCUT2D eigenvalue weighted by Crippen LogP contribution is -1.77. The second-order valence-corrected chi connectivity index (χ2v) is 2.93. The van der Waals surface area contributed by atoms with Crippen LogP contribution in [-0.2, 0) is 0 Å². The molecule has 0 saturated carbocycles. The monoisotopic (exact) mass is 137 g/mol. The third-order valence-corrected chi connectivity index (χ3v) is 1.31. The maximum atomic E-state index is 3.69. The smallest absolute Gasteiger partial charge is 0.0141 e. The fourth-order valence-electron chi connectivity index (χ4n) is 0.609. The van der Waals surface area contributed by atoms with Gasteiger partial charge in [0.2, 0.25) is 0 Å². The highest BCUT2D eigenvalue weighted by atomic mass is 13.9. The van der Waals surface area contributed by atoms with Gasteiger partial charge in [0.15, 0.2) is 0 Å². The first-order chi connectivity index (χ1) is 4.66. The molecule has 0 aromatic carbocycles. The first kappa shape index (κ1) is 9.48. The van der Waals surface area contributed by atoms with E-state index in [-0.39, 0.29) is 0 Å².